The smallest absolute Gasteiger partial charge is 0.0792 e. The van der Waals surface area contributed by atoms with Crippen molar-refractivity contribution in [2.75, 3.05) is 11.9 Å². The second-order valence-corrected chi connectivity index (χ2v) is 5.94. The molecule has 0 aromatic heterocycles. The Morgan fingerprint density at radius 2 is 2.33 bits per heavy atom. The first kappa shape index (κ1) is 14.1. The van der Waals surface area contributed by atoms with Gasteiger partial charge in [-0.15, -0.1) is 0 Å². The van der Waals surface area contributed by atoms with Crippen molar-refractivity contribution in [1.82, 2.24) is 0 Å². The Bertz CT molecular complexity index is 416. The maximum atomic E-state index is 6.07. The minimum atomic E-state index is 0.132. The first-order chi connectivity index (χ1) is 8.60. The van der Waals surface area contributed by atoms with Crippen molar-refractivity contribution in [2.24, 2.45) is 5.73 Å². The zero-order valence-corrected chi connectivity index (χ0v) is 12.7. The maximum absolute atomic E-state index is 6.07. The van der Waals surface area contributed by atoms with Gasteiger partial charge in [0, 0.05) is 16.7 Å². The quantitative estimate of drug-likeness (QED) is 0.887. The molecule has 3 atom stereocenters. The number of hydrogen-bond acceptors (Lipinski definition) is 3. The van der Waals surface area contributed by atoms with Crippen LogP contribution in [0.2, 0.25) is 5.02 Å². The normalized spacial score (nSPS) is 25.1. The highest BCUT2D eigenvalue weighted by atomic mass is 79.9. The molecular weight excluding hydrogens is 316 g/mol. The summed E-state index contributed by atoms with van der Waals surface area (Å²) in [5.74, 6) is 0. The molecule has 1 heterocycles. The Morgan fingerprint density at radius 3 is 2.89 bits per heavy atom. The van der Waals surface area contributed by atoms with Crippen LogP contribution < -0.4 is 11.1 Å². The summed E-state index contributed by atoms with van der Waals surface area (Å²) in [6.07, 6.45) is 2.68. The van der Waals surface area contributed by atoms with Gasteiger partial charge in [-0.2, -0.15) is 0 Å². The topological polar surface area (TPSA) is 47.3 Å². The standard InChI is InChI=1S/C13H18BrClN2O/c1-8-2-5-13(18-8)12(7-16)17-9-3-4-10(14)11(15)6-9/h3-4,6,8,12-13,17H,2,5,7,16H2,1H3. The van der Waals surface area contributed by atoms with E-state index in [2.05, 4.69) is 28.2 Å². The lowest BCUT2D eigenvalue weighted by Crippen LogP contribution is -2.40. The molecule has 0 aliphatic carbocycles. The molecule has 0 radical (unpaired) electrons. The third-order valence-electron chi connectivity index (χ3n) is 3.24. The third kappa shape index (κ3) is 3.38. The molecule has 0 spiro atoms. The number of rotatable bonds is 4. The number of halogens is 2. The molecule has 1 aromatic rings. The van der Waals surface area contributed by atoms with E-state index in [0.717, 1.165) is 23.0 Å². The lowest BCUT2D eigenvalue weighted by Gasteiger charge is -2.24. The van der Waals surface area contributed by atoms with Crippen LogP contribution in [0.5, 0.6) is 0 Å². The second-order valence-electron chi connectivity index (χ2n) is 4.68. The largest absolute Gasteiger partial charge is 0.378 e. The molecule has 1 aliphatic rings. The molecule has 1 fully saturated rings. The summed E-state index contributed by atoms with van der Waals surface area (Å²) >= 11 is 9.45. The number of anilines is 1. The van der Waals surface area contributed by atoms with Gasteiger partial charge in [-0.1, -0.05) is 11.6 Å². The molecule has 0 amide bonds. The molecule has 1 aromatic carbocycles. The van der Waals surface area contributed by atoms with Gasteiger partial charge >= 0.3 is 0 Å². The maximum Gasteiger partial charge on any atom is 0.0792 e. The third-order valence-corrected chi connectivity index (χ3v) is 4.47. The van der Waals surface area contributed by atoms with Gasteiger partial charge in [0.05, 0.1) is 23.3 Å². The number of hydrogen-bond donors (Lipinski definition) is 2. The van der Waals surface area contributed by atoms with Gasteiger partial charge in [-0.25, -0.2) is 0 Å². The van der Waals surface area contributed by atoms with Crippen molar-refractivity contribution in [3.05, 3.63) is 27.7 Å². The van der Waals surface area contributed by atoms with Crippen LogP contribution >= 0.6 is 27.5 Å². The van der Waals surface area contributed by atoms with E-state index in [9.17, 15) is 0 Å². The number of ether oxygens (including phenoxy) is 1. The van der Waals surface area contributed by atoms with E-state index in [4.69, 9.17) is 22.1 Å². The van der Waals surface area contributed by atoms with Crippen LogP contribution in [0.4, 0.5) is 5.69 Å². The van der Waals surface area contributed by atoms with Crippen LogP contribution in [0.25, 0.3) is 0 Å². The van der Waals surface area contributed by atoms with Crippen LogP contribution in [-0.4, -0.2) is 24.8 Å². The van der Waals surface area contributed by atoms with Crippen molar-refractivity contribution in [1.29, 1.82) is 0 Å². The van der Waals surface area contributed by atoms with Crippen LogP contribution in [-0.2, 0) is 4.74 Å². The summed E-state index contributed by atoms with van der Waals surface area (Å²) in [5, 5.41) is 4.10. The van der Waals surface area contributed by atoms with Crippen molar-refractivity contribution in [2.45, 2.75) is 38.0 Å². The molecule has 5 heteroatoms. The molecular formula is C13H18BrClN2O. The van der Waals surface area contributed by atoms with Crippen LogP contribution in [0, 0.1) is 0 Å². The molecule has 3 unspecified atom stereocenters. The summed E-state index contributed by atoms with van der Waals surface area (Å²) in [5.41, 5.74) is 6.80. The van der Waals surface area contributed by atoms with E-state index >= 15 is 0 Å². The van der Waals surface area contributed by atoms with Crippen molar-refractivity contribution in [3.8, 4) is 0 Å². The summed E-state index contributed by atoms with van der Waals surface area (Å²) in [6, 6.07) is 5.94. The number of nitrogens with one attached hydrogen (secondary N) is 1. The fraction of sp³-hybridized carbons (Fsp3) is 0.538. The Kier molecular flexibility index (Phi) is 4.90. The Morgan fingerprint density at radius 1 is 1.56 bits per heavy atom. The lowest BCUT2D eigenvalue weighted by molar-refractivity contribution is 0.0460. The summed E-state index contributed by atoms with van der Waals surface area (Å²) in [7, 11) is 0. The average molecular weight is 334 g/mol. The Labute approximate surface area is 121 Å². The Hall–Kier alpha value is -0.290. The van der Waals surface area contributed by atoms with Crippen molar-refractivity contribution >= 4 is 33.2 Å². The minimum absolute atomic E-state index is 0.132. The van der Waals surface area contributed by atoms with E-state index in [1.165, 1.54) is 0 Å². The molecule has 3 N–H and O–H groups in total. The highest BCUT2D eigenvalue weighted by molar-refractivity contribution is 9.10. The first-order valence-electron chi connectivity index (χ1n) is 6.17. The number of benzene rings is 1. The average Bonchev–Trinajstić information content (AvgIpc) is 2.77. The zero-order valence-electron chi connectivity index (χ0n) is 10.3. The number of nitrogens with two attached hydrogens (primary N) is 1. The SMILES string of the molecule is CC1CCC(C(CN)Nc2ccc(Br)c(Cl)c2)O1. The first-order valence-corrected chi connectivity index (χ1v) is 7.34. The van der Waals surface area contributed by atoms with E-state index < -0.39 is 0 Å². The molecule has 3 nitrogen and oxygen atoms in total. The predicted molar refractivity (Wildman–Crippen MR) is 79.2 cm³/mol. The predicted octanol–water partition coefficient (Wildman–Crippen LogP) is 3.41. The fourth-order valence-electron chi connectivity index (χ4n) is 2.23. The van der Waals surface area contributed by atoms with E-state index in [0.29, 0.717) is 17.7 Å². The van der Waals surface area contributed by atoms with Gasteiger partial charge in [0.2, 0.25) is 0 Å². The van der Waals surface area contributed by atoms with Gasteiger partial charge in [0.25, 0.3) is 0 Å². The van der Waals surface area contributed by atoms with Gasteiger partial charge in [0.15, 0.2) is 0 Å². The molecule has 1 aliphatic heterocycles. The van der Waals surface area contributed by atoms with E-state index in [-0.39, 0.29) is 12.1 Å². The van der Waals surface area contributed by atoms with Gasteiger partial charge in [-0.3, -0.25) is 0 Å². The Balaban J connectivity index is 2.03. The van der Waals surface area contributed by atoms with Crippen LogP contribution in [0.3, 0.4) is 0 Å². The zero-order chi connectivity index (χ0) is 13.1. The summed E-state index contributed by atoms with van der Waals surface area (Å²) in [4.78, 5) is 0. The molecule has 100 valence electrons. The van der Waals surface area contributed by atoms with Crippen LogP contribution in [0.15, 0.2) is 22.7 Å². The van der Waals surface area contributed by atoms with E-state index in [1.807, 2.05) is 18.2 Å². The van der Waals surface area contributed by atoms with Crippen molar-refractivity contribution in [3.63, 3.8) is 0 Å². The molecule has 18 heavy (non-hydrogen) atoms. The molecule has 2 rings (SSSR count). The molecule has 1 saturated heterocycles. The van der Waals surface area contributed by atoms with Gasteiger partial charge in [-0.05, 0) is 53.9 Å². The summed E-state index contributed by atoms with van der Waals surface area (Å²) in [6.45, 7) is 2.65. The van der Waals surface area contributed by atoms with Gasteiger partial charge in [0.1, 0.15) is 0 Å². The van der Waals surface area contributed by atoms with Crippen molar-refractivity contribution < 1.29 is 4.74 Å². The monoisotopic (exact) mass is 332 g/mol. The molecule has 0 saturated carbocycles. The summed E-state index contributed by atoms with van der Waals surface area (Å²) < 4.78 is 6.75. The highest BCUT2D eigenvalue weighted by Crippen LogP contribution is 2.28. The van der Waals surface area contributed by atoms with Crippen LogP contribution in [0.1, 0.15) is 19.8 Å². The minimum Gasteiger partial charge on any atom is -0.378 e. The van der Waals surface area contributed by atoms with Gasteiger partial charge < -0.3 is 15.8 Å². The highest BCUT2D eigenvalue weighted by Gasteiger charge is 2.28. The second kappa shape index (κ2) is 6.24. The lowest BCUT2D eigenvalue weighted by atomic mass is 10.1. The fourth-order valence-corrected chi connectivity index (χ4v) is 2.66. The molecule has 0 bridgehead atoms. The van der Waals surface area contributed by atoms with E-state index in [1.54, 1.807) is 0 Å².